The molecule has 0 atom stereocenters. The highest BCUT2D eigenvalue weighted by Crippen LogP contribution is 2.00. The Morgan fingerprint density at radius 3 is 2.79 bits per heavy atom. The summed E-state index contributed by atoms with van der Waals surface area (Å²) in [7, 11) is 0. The second-order valence-electron chi connectivity index (χ2n) is 3.82. The second-order valence-corrected chi connectivity index (χ2v) is 3.82. The molecule has 1 aromatic heterocycles. The van der Waals surface area contributed by atoms with Crippen LogP contribution >= 0.6 is 0 Å². The largest absolute Gasteiger partial charge is 0.445 e. The maximum absolute atomic E-state index is 11.4. The van der Waals surface area contributed by atoms with Crippen molar-refractivity contribution in [3.05, 3.63) is 64.3 Å². The molecule has 0 aliphatic heterocycles. The predicted octanol–water partition coefficient (Wildman–Crippen LogP) is 1.20. The Labute approximate surface area is 109 Å². The number of nitrogens with one attached hydrogen (secondary N) is 2. The molecular formula is C13H13N3O3. The van der Waals surface area contributed by atoms with Crippen molar-refractivity contribution in [2.45, 2.75) is 13.2 Å². The minimum atomic E-state index is -0.531. The normalized spacial score (nSPS) is 9.89. The Kier molecular flexibility index (Phi) is 4.28. The number of hydrogen-bond donors (Lipinski definition) is 2. The molecule has 1 amide bonds. The number of hydrogen-bond acceptors (Lipinski definition) is 4. The first-order valence-corrected chi connectivity index (χ1v) is 5.72. The summed E-state index contributed by atoms with van der Waals surface area (Å²) in [4.78, 5) is 28.5. The van der Waals surface area contributed by atoms with Gasteiger partial charge in [0.25, 0.3) is 5.56 Å². The molecule has 0 spiro atoms. The fourth-order valence-electron chi connectivity index (χ4n) is 1.40. The summed E-state index contributed by atoms with van der Waals surface area (Å²) in [6.07, 6.45) is 2.07. The highest BCUT2D eigenvalue weighted by atomic mass is 16.5. The molecule has 2 aromatic rings. The molecule has 0 bridgehead atoms. The predicted molar refractivity (Wildman–Crippen MR) is 68.3 cm³/mol. The molecule has 0 fully saturated rings. The molecule has 1 aromatic carbocycles. The number of benzene rings is 1. The molecule has 0 aliphatic rings. The van der Waals surface area contributed by atoms with Crippen LogP contribution in [0.3, 0.4) is 0 Å². The lowest BCUT2D eigenvalue weighted by molar-refractivity contribution is 0.139. The van der Waals surface area contributed by atoms with Crippen molar-refractivity contribution in [2.75, 3.05) is 0 Å². The van der Waals surface area contributed by atoms with Gasteiger partial charge in [0.05, 0.1) is 18.4 Å². The number of aromatic amines is 1. The third-order valence-electron chi connectivity index (χ3n) is 2.36. The van der Waals surface area contributed by atoms with E-state index in [4.69, 9.17) is 4.74 Å². The van der Waals surface area contributed by atoms with E-state index in [2.05, 4.69) is 15.3 Å². The number of rotatable bonds is 4. The number of ether oxygens (including phenoxy) is 1. The van der Waals surface area contributed by atoms with Gasteiger partial charge in [0.2, 0.25) is 0 Å². The minimum Gasteiger partial charge on any atom is -0.445 e. The van der Waals surface area contributed by atoms with E-state index in [1.807, 2.05) is 30.3 Å². The van der Waals surface area contributed by atoms with Gasteiger partial charge in [-0.05, 0) is 5.56 Å². The zero-order valence-electron chi connectivity index (χ0n) is 10.1. The van der Waals surface area contributed by atoms with E-state index in [1.165, 1.54) is 6.20 Å². The Bertz CT molecular complexity index is 575. The molecular weight excluding hydrogens is 246 g/mol. The fraction of sp³-hybridized carbons (Fsp3) is 0.154. The molecule has 19 heavy (non-hydrogen) atoms. The van der Waals surface area contributed by atoms with Crippen molar-refractivity contribution in [1.82, 2.24) is 15.3 Å². The first kappa shape index (κ1) is 12.8. The van der Waals surface area contributed by atoms with Crippen LogP contribution < -0.4 is 10.9 Å². The third-order valence-corrected chi connectivity index (χ3v) is 2.36. The van der Waals surface area contributed by atoms with Gasteiger partial charge in [-0.2, -0.15) is 0 Å². The van der Waals surface area contributed by atoms with Crippen molar-refractivity contribution in [3.8, 4) is 0 Å². The zero-order chi connectivity index (χ0) is 13.5. The second kappa shape index (κ2) is 6.34. The average Bonchev–Trinajstić information content (AvgIpc) is 2.45. The number of amides is 1. The molecule has 98 valence electrons. The molecule has 0 saturated heterocycles. The number of nitrogens with zero attached hydrogens (tertiary/aromatic N) is 1. The van der Waals surface area contributed by atoms with E-state index >= 15 is 0 Å². The van der Waals surface area contributed by atoms with Crippen LogP contribution in [0, 0.1) is 0 Å². The summed E-state index contributed by atoms with van der Waals surface area (Å²) in [5.41, 5.74) is 1.19. The van der Waals surface area contributed by atoms with Gasteiger partial charge >= 0.3 is 6.09 Å². The number of H-pyrrole nitrogens is 1. The molecule has 0 unspecified atom stereocenters. The SMILES string of the molecule is O=C(NCc1c[nH]c(=O)cn1)OCc1ccccc1. The van der Waals surface area contributed by atoms with Crippen molar-refractivity contribution in [3.63, 3.8) is 0 Å². The number of alkyl carbamates (subject to hydrolysis) is 1. The summed E-state index contributed by atoms with van der Waals surface area (Å²) < 4.78 is 5.02. The lowest BCUT2D eigenvalue weighted by Crippen LogP contribution is -2.24. The van der Waals surface area contributed by atoms with E-state index in [-0.39, 0.29) is 18.7 Å². The molecule has 1 heterocycles. The molecule has 2 N–H and O–H groups in total. The summed E-state index contributed by atoms with van der Waals surface area (Å²) in [5.74, 6) is 0. The topological polar surface area (TPSA) is 84.1 Å². The number of aromatic nitrogens is 2. The van der Waals surface area contributed by atoms with Crippen molar-refractivity contribution in [2.24, 2.45) is 0 Å². The van der Waals surface area contributed by atoms with Crippen molar-refractivity contribution < 1.29 is 9.53 Å². The third kappa shape index (κ3) is 4.27. The molecule has 2 rings (SSSR count). The van der Waals surface area contributed by atoms with Crippen molar-refractivity contribution in [1.29, 1.82) is 0 Å². The lowest BCUT2D eigenvalue weighted by Gasteiger charge is -2.06. The maximum atomic E-state index is 11.4. The van der Waals surface area contributed by atoms with Crippen LogP contribution in [0.5, 0.6) is 0 Å². The summed E-state index contributed by atoms with van der Waals surface area (Å²) in [6.45, 7) is 0.413. The first-order chi connectivity index (χ1) is 9.24. The zero-order valence-corrected chi connectivity index (χ0v) is 10.1. The van der Waals surface area contributed by atoms with Crippen LogP contribution in [0.4, 0.5) is 4.79 Å². The van der Waals surface area contributed by atoms with E-state index in [0.717, 1.165) is 11.8 Å². The molecule has 6 nitrogen and oxygen atoms in total. The van der Waals surface area contributed by atoms with E-state index in [1.54, 1.807) is 0 Å². The minimum absolute atomic E-state index is 0.199. The highest BCUT2D eigenvalue weighted by molar-refractivity contribution is 5.67. The standard InChI is InChI=1S/C13H13N3O3/c17-12-8-14-11(6-15-12)7-16-13(18)19-9-10-4-2-1-3-5-10/h1-6,8H,7,9H2,(H,15,17)(H,16,18). The monoisotopic (exact) mass is 259 g/mol. The Morgan fingerprint density at radius 2 is 2.11 bits per heavy atom. The van der Waals surface area contributed by atoms with Gasteiger partial charge in [0.1, 0.15) is 6.61 Å². The quantitative estimate of drug-likeness (QED) is 0.864. The number of carbonyl (C=O) groups excluding carboxylic acids is 1. The molecule has 6 heteroatoms. The Morgan fingerprint density at radius 1 is 1.32 bits per heavy atom. The molecule has 0 radical (unpaired) electrons. The highest BCUT2D eigenvalue weighted by Gasteiger charge is 2.03. The van der Waals surface area contributed by atoms with Crippen LogP contribution in [0.25, 0.3) is 0 Å². The van der Waals surface area contributed by atoms with Gasteiger partial charge in [-0.3, -0.25) is 9.78 Å². The molecule has 0 saturated carbocycles. The fourth-order valence-corrected chi connectivity index (χ4v) is 1.40. The van der Waals surface area contributed by atoms with E-state index in [0.29, 0.717) is 5.69 Å². The van der Waals surface area contributed by atoms with Gasteiger partial charge in [-0.25, -0.2) is 4.79 Å². The molecule has 0 aliphatic carbocycles. The van der Waals surface area contributed by atoms with Gasteiger partial charge in [-0.15, -0.1) is 0 Å². The van der Waals surface area contributed by atoms with Gasteiger partial charge in [0, 0.05) is 6.20 Å². The Hall–Kier alpha value is -2.63. The van der Waals surface area contributed by atoms with Crippen LogP contribution in [0.2, 0.25) is 0 Å². The van der Waals surface area contributed by atoms with Crippen LogP contribution in [0.1, 0.15) is 11.3 Å². The smallest absolute Gasteiger partial charge is 0.407 e. The average molecular weight is 259 g/mol. The number of carbonyl (C=O) groups is 1. The van der Waals surface area contributed by atoms with Gasteiger partial charge < -0.3 is 15.0 Å². The lowest BCUT2D eigenvalue weighted by atomic mass is 10.2. The van der Waals surface area contributed by atoms with E-state index in [9.17, 15) is 9.59 Å². The first-order valence-electron chi connectivity index (χ1n) is 5.72. The Balaban J connectivity index is 1.76. The maximum Gasteiger partial charge on any atom is 0.407 e. The van der Waals surface area contributed by atoms with Crippen LogP contribution in [-0.4, -0.2) is 16.1 Å². The van der Waals surface area contributed by atoms with Crippen LogP contribution in [-0.2, 0) is 17.9 Å². The summed E-state index contributed by atoms with van der Waals surface area (Å²) >= 11 is 0. The summed E-state index contributed by atoms with van der Waals surface area (Å²) in [5, 5.41) is 2.54. The summed E-state index contributed by atoms with van der Waals surface area (Å²) in [6, 6.07) is 9.39. The van der Waals surface area contributed by atoms with Crippen LogP contribution in [0.15, 0.2) is 47.5 Å². The van der Waals surface area contributed by atoms with Gasteiger partial charge in [-0.1, -0.05) is 30.3 Å². The van der Waals surface area contributed by atoms with E-state index < -0.39 is 6.09 Å². The van der Waals surface area contributed by atoms with Crippen molar-refractivity contribution >= 4 is 6.09 Å². The van der Waals surface area contributed by atoms with Gasteiger partial charge in [0.15, 0.2) is 0 Å².